The number of ether oxygens (including phenoxy) is 13. The van der Waals surface area contributed by atoms with Crippen molar-refractivity contribution in [3.63, 3.8) is 0 Å². The van der Waals surface area contributed by atoms with E-state index >= 15 is 0 Å². The fourth-order valence-corrected chi connectivity index (χ4v) is 9.96. The molecule has 0 spiro atoms. The normalized spacial score (nSPS) is 10.8. The number of aromatic carboxylic acids is 2. The molecular formula is C98H148BIK2LiN6O27. The largest absolute Gasteiger partial charge is 1.00 e. The molecule has 6 unspecified atom stereocenters. The predicted molar refractivity (Wildman–Crippen MR) is 526 cm³/mol. The first-order valence-corrected chi connectivity index (χ1v) is 43.9. The second-order valence-corrected chi connectivity index (χ2v) is 30.4. The van der Waals surface area contributed by atoms with Crippen molar-refractivity contribution in [2.75, 3.05) is 83.1 Å². The second-order valence-electron chi connectivity index (χ2n) is 28.2. The standard InChI is InChI=1S/C30H44N2O6.C13H18O4.2C12H16O4.C9H8N2O.C9H10O4.C6H16N2.C4H9I.CH2O3.2CH4.B.2K.Li.H2O.H/c1-7-21(3)37-27-19-23(35-5)13-15-25(27)29(33)31-17-11-9-10-12-18-32-30(34)26-16-14-24(36-6)20-28(26)38-22(4)8-2;1-5-9(2)17-12-8-10(15-3)6-7-11(12)13(14)16-4;2*1-4-8(2)16-11-7-9(15-3)5-6-10(11)12(13)14;12-9(10-5-1-2-6-10)11-7-3-4-8-11;1-12-6-3-4-7(8(10)5-6)9(11)13-2;7-5-3-1-2-4-6-8;1-3-4(2)5;2-1-4-3;;;;;;;;/h13-16,19-22H,7-12,17-18H2,1-6H3,(H,31,33)(H,32,34);6-9H,5H2,1-4H3;2*5-8H,4H2,1-3H3,(H,13,14);1-8H;3-5,10H,1-2H3;1-8H2;4H,3H2,1-2H3;1,3H;2*1H4;;;;;1H2;/q;;;;;;;;;;;;3*+1;;-1/p-2. The van der Waals surface area contributed by atoms with E-state index < -0.39 is 23.9 Å². The van der Waals surface area contributed by atoms with Crippen LogP contribution in [0.4, 0.5) is 4.79 Å². The summed E-state index contributed by atoms with van der Waals surface area (Å²) in [6.07, 6.45) is 20.7. The van der Waals surface area contributed by atoms with Crippen molar-refractivity contribution in [2.45, 2.75) is 222 Å². The molecule has 0 aliphatic carbocycles. The van der Waals surface area contributed by atoms with Gasteiger partial charge in [0.2, 0.25) is 0 Å². The first-order chi connectivity index (χ1) is 61.8. The zero-order valence-corrected chi connectivity index (χ0v) is 90.9. The van der Waals surface area contributed by atoms with Gasteiger partial charge in [0, 0.05) is 86.6 Å². The zero-order chi connectivity index (χ0) is 97.2. The Bertz CT molecular complexity index is 4300. The van der Waals surface area contributed by atoms with Crippen LogP contribution in [0.2, 0.25) is 0 Å². The molecule has 745 valence electrons. The van der Waals surface area contributed by atoms with Crippen LogP contribution in [0.15, 0.2) is 158 Å². The Kier molecular flexibility index (Phi) is 91.9. The number of phenolic OH excluding ortho intramolecular Hbond substituents is 1. The predicted octanol–water partition coefficient (Wildman–Crippen LogP) is 9.53. The molecule has 0 fully saturated rings. The summed E-state index contributed by atoms with van der Waals surface area (Å²) >= 11 is 2.41. The SMILES string of the molecule is C.C.CCC(C)I.CCC(C)Oc1cc(OC)ccc1C(=O)NCCCCCCNC(=O)c1ccc(OC)cc1OC(C)CC.CCC(C)Oc1cc(OC)ccc1C(=O)O.CCC(C)Oc1cc(OC)ccc1C(=O)O.CCC(C)Oc1cc(OC)ccc1C(=O)OC.COC(=O)c1ccc(OC)cc1O.NCCCCCCN.O=C(n1cccc1)n1cccc1.O=CO[O-].[B].[H-].[K+].[K+].[Li+].[OH-]. The van der Waals surface area contributed by atoms with E-state index in [9.17, 15) is 38.7 Å². The zero-order valence-electron chi connectivity index (χ0n) is 83.5. The summed E-state index contributed by atoms with van der Waals surface area (Å²) in [6, 6.07) is 36.5. The summed E-state index contributed by atoms with van der Waals surface area (Å²) in [6.45, 7) is 26.7. The molecule has 2 aromatic heterocycles. The van der Waals surface area contributed by atoms with Crippen molar-refractivity contribution >= 4 is 79.2 Å². The number of carbonyl (C=O) groups excluding carboxylic acids is 6. The summed E-state index contributed by atoms with van der Waals surface area (Å²) in [7, 11) is 11.9. The number of carboxylic acid groups (broad SMARTS) is 2. The van der Waals surface area contributed by atoms with E-state index in [2.05, 4.69) is 56.7 Å². The van der Waals surface area contributed by atoms with Gasteiger partial charge in [-0.15, -0.1) is 0 Å². The van der Waals surface area contributed by atoms with Crippen molar-refractivity contribution in [1.29, 1.82) is 0 Å². The average Bonchev–Trinajstić information content (AvgIpc) is 1.51. The van der Waals surface area contributed by atoms with Crippen molar-refractivity contribution in [3.8, 4) is 69.0 Å². The van der Waals surface area contributed by atoms with Gasteiger partial charge in [-0.05, 0) is 209 Å². The van der Waals surface area contributed by atoms with Crippen LogP contribution in [-0.4, -0.2) is 204 Å². The fraction of sp³-hybridized carbons (Fsp3) is 0.469. The summed E-state index contributed by atoms with van der Waals surface area (Å²) in [5.41, 5.74) is 12.4. The van der Waals surface area contributed by atoms with Crippen LogP contribution in [0.1, 0.15) is 251 Å². The molecule has 3 radical (unpaired) electrons. The number of unbranched alkanes of at least 4 members (excludes halogenated alkanes) is 6. The van der Waals surface area contributed by atoms with Crippen LogP contribution in [0.25, 0.3) is 0 Å². The number of nitrogens with two attached hydrogens (primary N) is 2. The Morgan fingerprint density at radius 2 is 0.640 bits per heavy atom. The molecule has 38 heteroatoms. The van der Waals surface area contributed by atoms with Gasteiger partial charge in [-0.1, -0.05) is 112 Å². The van der Waals surface area contributed by atoms with Gasteiger partial charge in [0.25, 0.3) is 18.3 Å². The van der Waals surface area contributed by atoms with Crippen LogP contribution in [0, 0.1) is 0 Å². The maximum atomic E-state index is 12.7. The van der Waals surface area contributed by atoms with Gasteiger partial charge in [-0.3, -0.25) is 23.5 Å². The number of methoxy groups -OCH3 is 8. The minimum atomic E-state index is -0.999. The molecule has 136 heavy (non-hydrogen) atoms. The summed E-state index contributed by atoms with van der Waals surface area (Å²) < 4.78 is 72.3. The smallest absolute Gasteiger partial charge is 1.00 e. The third-order valence-corrected chi connectivity index (χ3v) is 19.4. The van der Waals surface area contributed by atoms with Gasteiger partial charge >= 0.3 is 152 Å². The van der Waals surface area contributed by atoms with E-state index in [4.69, 9.17) is 88.6 Å². The van der Waals surface area contributed by atoms with Gasteiger partial charge in [0.05, 0.1) is 98.5 Å². The maximum Gasteiger partial charge on any atom is 1.00 e. The maximum absolute atomic E-state index is 12.7. The molecule has 33 nitrogen and oxygen atoms in total. The monoisotopic (exact) mass is 2060 g/mol. The Hall–Kier alpha value is -8.05. The number of carbonyl (C=O) groups is 8. The molecule has 8 aromatic rings. The first-order valence-electron chi connectivity index (χ1n) is 42.6. The van der Waals surface area contributed by atoms with Gasteiger partial charge < -0.3 is 116 Å². The molecular weight excluding hydrogens is 1920 g/mol. The summed E-state index contributed by atoms with van der Waals surface area (Å²) in [5, 5.41) is 41.7. The van der Waals surface area contributed by atoms with E-state index in [0.29, 0.717) is 93.0 Å². The van der Waals surface area contributed by atoms with E-state index in [-0.39, 0.29) is 229 Å². The molecule has 6 atom stereocenters. The molecule has 10 N–H and O–H groups in total. The van der Waals surface area contributed by atoms with Gasteiger partial charge in [-0.2, -0.15) is 0 Å². The number of carboxylic acids is 2. The number of hydrogen-bond acceptors (Lipinski definition) is 27. The van der Waals surface area contributed by atoms with Crippen LogP contribution in [-0.2, 0) is 19.2 Å². The number of esters is 2. The molecule has 0 saturated carbocycles. The number of amides is 2. The molecule has 2 amide bonds. The minimum Gasteiger partial charge on any atom is -1.00 e. The van der Waals surface area contributed by atoms with Crippen molar-refractivity contribution in [2.24, 2.45) is 11.5 Å². The Morgan fingerprint density at radius 1 is 0.412 bits per heavy atom. The average molecular weight is 2070 g/mol. The van der Waals surface area contributed by atoms with E-state index in [1.807, 2.05) is 93.5 Å². The molecule has 6 aromatic carbocycles. The second kappa shape index (κ2) is 87.2. The molecule has 0 bridgehead atoms. The van der Waals surface area contributed by atoms with Crippen LogP contribution < -0.4 is 201 Å². The van der Waals surface area contributed by atoms with Gasteiger partial charge in [0.1, 0.15) is 91.2 Å². The van der Waals surface area contributed by atoms with Gasteiger partial charge in [-0.25, -0.2) is 24.0 Å². The number of benzene rings is 6. The quantitative estimate of drug-likeness (QED) is 0.00274. The van der Waals surface area contributed by atoms with Crippen molar-refractivity contribution < 1.29 is 254 Å². The van der Waals surface area contributed by atoms with Crippen LogP contribution in [0.5, 0.6) is 69.0 Å². The van der Waals surface area contributed by atoms with E-state index in [1.54, 1.807) is 131 Å². The molecule has 2 heterocycles. The van der Waals surface area contributed by atoms with E-state index in [0.717, 1.165) is 87.6 Å². The number of nitrogens with zero attached hydrogens (tertiary/aromatic N) is 2. The molecule has 8 rings (SSSR count). The summed E-state index contributed by atoms with van der Waals surface area (Å²) in [4.78, 5) is 92.7. The first kappa shape index (κ1) is 143. The number of nitrogens with one attached hydrogen (secondary N) is 2. The molecule has 0 aliphatic heterocycles. The number of rotatable bonds is 41. The number of aromatic hydroxyl groups is 1. The van der Waals surface area contributed by atoms with Crippen LogP contribution in [0.3, 0.4) is 0 Å². The number of hydrogen-bond donors (Lipinski definition) is 7. The number of alkyl halides is 1. The fourth-order valence-electron chi connectivity index (χ4n) is 9.96. The molecule has 0 aliphatic rings. The molecule has 0 saturated heterocycles. The van der Waals surface area contributed by atoms with Crippen LogP contribution >= 0.6 is 22.6 Å². The van der Waals surface area contributed by atoms with E-state index in [1.165, 1.54) is 88.2 Å². The number of phenols is 1. The minimum absolute atomic E-state index is 0. The van der Waals surface area contributed by atoms with Gasteiger partial charge in [0.15, 0.2) is 0 Å². The Labute approximate surface area is 920 Å². The summed E-state index contributed by atoms with van der Waals surface area (Å²) in [5.74, 6) is 2.42. The number of aromatic nitrogens is 2. The van der Waals surface area contributed by atoms with Crippen molar-refractivity contribution in [3.05, 3.63) is 192 Å². The third kappa shape index (κ3) is 60.1. The third-order valence-electron chi connectivity index (χ3n) is 18.5. The van der Waals surface area contributed by atoms with Crippen molar-refractivity contribution in [1.82, 2.24) is 19.8 Å². The number of halogens is 1. The Balaban J connectivity index is -0.000000204. The Morgan fingerprint density at radius 3 is 0.868 bits per heavy atom. The topological polar surface area (TPSA) is 465 Å².